The average Bonchev–Trinajstić information content (AvgIpc) is 1.97. The average molecular weight is 168 g/mol. The third-order valence-electron chi connectivity index (χ3n) is 2.30. The van der Waals surface area contributed by atoms with Gasteiger partial charge in [-0.2, -0.15) is 0 Å². The van der Waals surface area contributed by atoms with Crippen LogP contribution < -0.4 is 5.32 Å². The van der Waals surface area contributed by atoms with Crippen molar-refractivity contribution in [3.8, 4) is 0 Å². The van der Waals surface area contributed by atoms with Crippen LogP contribution in [0.15, 0.2) is 12.3 Å². The van der Waals surface area contributed by atoms with E-state index < -0.39 is 0 Å². The highest BCUT2D eigenvalue weighted by molar-refractivity contribution is 5.05. The zero-order valence-corrected chi connectivity index (χ0v) is 8.48. The summed E-state index contributed by atoms with van der Waals surface area (Å²) in [6.07, 6.45) is 1.20. The summed E-state index contributed by atoms with van der Waals surface area (Å²) in [5.41, 5.74) is 1.48. The first-order valence-corrected chi connectivity index (χ1v) is 4.73. The Hall–Kier alpha value is -0.500. The van der Waals surface area contributed by atoms with Crippen molar-refractivity contribution in [2.45, 2.75) is 32.7 Å². The summed E-state index contributed by atoms with van der Waals surface area (Å²) in [5, 5.41) is 3.46. The van der Waals surface area contributed by atoms with E-state index in [0.29, 0.717) is 0 Å². The Bertz CT molecular complexity index is 173. The smallest absolute Gasteiger partial charge is 0.0355 e. The Morgan fingerprint density at radius 3 is 2.83 bits per heavy atom. The molecule has 1 heterocycles. The number of hydrogen-bond donors (Lipinski definition) is 1. The highest BCUT2D eigenvalue weighted by atomic mass is 15.2. The van der Waals surface area contributed by atoms with Crippen molar-refractivity contribution in [3.63, 3.8) is 0 Å². The fraction of sp³-hybridized carbons (Fsp3) is 0.800. The number of nitrogens with zero attached hydrogens (tertiary/aromatic N) is 1. The lowest BCUT2D eigenvalue weighted by Gasteiger charge is -2.41. The van der Waals surface area contributed by atoms with Gasteiger partial charge in [-0.25, -0.2) is 0 Å². The van der Waals surface area contributed by atoms with E-state index in [4.69, 9.17) is 0 Å². The van der Waals surface area contributed by atoms with Gasteiger partial charge in [-0.05, 0) is 20.3 Å². The van der Waals surface area contributed by atoms with Gasteiger partial charge in [0.15, 0.2) is 0 Å². The van der Waals surface area contributed by atoms with Crippen LogP contribution in [-0.2, 0) is 0 Å². The normalized spacial score (nSPS) is 22.9. The summed E-state index contributed by atoms with van der Waals surface area (Å²) in [7, 11) is 0. The third kappa shape index (κ3) is 2.24. The van der Waals surface area contributed by atoms with E-state index in [0.717, 1.165) is 19.6 Å². The van der Waals surface area contributed by atoms with E-state index in [1.54, 1.807) is 0 Å². The summed E-state index contributed by atoms with van der Waals surface area (Å²) in [6, 6.07) is 0. The van der Waals surface area contributed by atoms with Crippen LogP contribution in [0.3, 0.4) is 0 Å². The Labute approximate surface area is 75.6 Å². The molecule has 12 heavy (non-hydrogen) atoms. The third-order valence-corrected chi connectivity index (χ3v) is 2.30. The van der Waals surface area contributed by atoms with Gasteiger partial charge < -0.3 is 10.2 Å². The summed E-state index contributed by atoms with van der Waals surface area (Å²) in [6.45, 7) is 13.9. The van der Waals surface area contributed by atoms with Gasteiger partial charge in [0.05, 0.1) is 0 Å². The molecule has 2 heteroatoms. The molecule has 0 radical (unpaired) electrons. The summed E-state index contributed by atoms with van der Waals surface area (Å²) >= 11 is 0. The summed E-state index contributed by atoms with van der Waals surface area (Å²) < 4.78 is 0. The highest BCUT2D eigenvalue weighted by Crippen LogP contribution is 2.16. The molecule has 0 atom stereocenters. The fourth-order valence-electron chi connectivity index (χ4n) is 1.61. The van der Waals surface area contributed by atoms with Gasteiger partial charge >= 0.3 is 0 Å². The number of piperazine rings is 1. The van der Waals surface area contributed by atoms with Crippen LogP contribution in [-0.4, -0.2) is 30.1 Å². The minimum Gasteiger partial charge on any atom is -0.372 e. The molecule has 1 aliphatic rings. The van der Waals surface area contributed by atoms with Gasteiger partial charge in [-0.3, -0.25) is 0 Å². The molecular weight excluding hydrogens is 148 g/mol. The Balaban J connectivity index is 2.53. The quantitative estimate of drug-likeness (QED) is 0.673. The van der Waals surface area contributed by atoms with Crippen LogP contribution in [0.25, 0.3) is 0 Å². The van der Waals surface area contributed by atoms with Gasteiger partial charge in [0.25, 0.3) is 0 Å². The topological polar surface area (TPSA) is 15.3 Å². The molecule has 0 saturated carbocycles. The molecule has 2 nitrogen and oxygen atoms in total. The van der Waals surface area contributed by atoms with E-state index in [9.17, 15) is 0 Å². The van der Waals surface area contributed by atoms with Crippen molar-refractivity contribution in [2.24, 2.45) is 0 Å². The lowest BCUT2D eigenvalue weighted by molar-refractivity contribution is 0.200. The molecule has 0 unspecified atom stereocenters. The molecule has 0 spiro atoms. The molecule has 70 valence electrons. The van der Waals surface area contributed by atoms with Crippen LogP contribution in [0.1, 0.15) is 27.2 Å². The first-order valence-electron chi connectivity index (χ1n) is 4.73. The lowest BCUT2D eigenvalue weighted by Crippen LogP contribution is -2.55. The van der Waals surface area contributed by atoms with Crippen molar-refractivity contribution in [1.82, 2.24) is 10.2 Å². The molecular formula is C10H20N2. The Morgan fingerprint density at radius 1 is 1.58 bits per heavy atom. The molecule has 1 rings (SSSR count). The van der Waals surface area contributed by atoms with Crippen molar-refractivity contribution >= 4 is 0 Å². The van der Waals surface area contributed by atoms with Crippen molar-refractivity contribution < 1.29 is 0 Å². The minimum atomic E-state index is 0.246. The number of rotatable bonds is 2. The van der Waals surface area contributed by atoms with Crippen molar-refractivity contribution in [3.05, 3.63) is 12.3 Å². The van der Waals surface area contributed by atoms with E-state index in [2.05, 4.69) is 37.6 Å². The second kappa shape index (κ2) is 3.48. The van der Waals surface area contributed by atoms with Gasteiger partial charge in [0.2, 0.25) is 0 Å². The molecule has 1 aliphatic heterocycles. The monoisotopic (exact) mass is 168 g/mol. The zero-order chi connectivity index (χ0) is 9.19. The van der Waals surface area contributed by atoms with Crippen LogP contribution in [0.4, 0.5) is 0 Å². The number of nitrogens with one attached hydrogen (secondary N) is 1. The lowest BCUT2D eigenvalue weighted by atomic mass is 10.0. The standard InChI is InChI=1S/C10H20N2/c1-5-6-12-8-10(3,4)11-7-9(12)2/h11H,2,5-8H2,1,3-4H3. The predicted octanol–water partition coefficient (Wildman–Crippen LogP) is 1.59. The molecule has 0 amide bonds. The van der Waals surface area contributed by atoms with E-state index in [1.165, 1.54) is 12.1 Å². The number of hydrogen-bond acceptors (Lipinski definition) is 2. The molecule has 0 aromatic heterocycles. The van der Waals surface area contributed by atoms with E-state index in [-0.39, 0.29) is 5.54 Å². The van der Waals surface area contributed by atoms with Gasteiger partial charge in [0.1, 0.15) is 0 Å². The van der Waals surface area contributed by atoms with Crippen molar-refractivity contribution in [2.75, 3.05) is 19.6 Å². The van der Waals surface area contributed by atoms with E-state index >= 15 is 0 Å². The minimum absolute atomic E-state index is 0.246. The second-order valence-corrected chi connectivity index (χ2v) is 4.23. The predicted molar refractivity (Wildman–Crippen MR) is 53.1 cm³/mol. The molecule has 0 aromatic rings. The second-order valence-electron chi connectivity index (χ2n) is 4.23. The molecule has 1 N–H and O–H groups in total. The summed E-state index contributed by atoms with van der Waals surface area (Å²) in [5.74, 6) is 0. The van der Waals surface area contributed by atoms with Crippen LogP contribution in [0, 0.1) is 0 Å². The maximum absolute atomic E-state index is 4.04. The first kappa shape index (κ1) is 9.59. The fourth-order valence-corrected chi connectivity index (χ4v) is 1.61. The Morgan fingerprint density at radius 2 is 2.25 bits per heavy atom. The van der Waals surface area contributed by atoms with Crippen molar-refractivity contribution in [1.29, 1.82) is 0 Å². The van der Waals surface area contributed by atoms with Gasteiger partial charge in [-0.1, -0.05) is 13.5 Å². The molecule has 0 aromatic carbocycles. The maximum Gasteiger partial charge on any atom is 0.0355 e. The molecule has 0 aliphatic carbocycles. The Kier molecular flexibility index (Phi) is 2.78. The van der Waals surface area contributed by atoms with Crippen LogP contribution >= 0.6 is 0 Å². The SMILES string of the molecule is C=C1CNC(C)(C)CN1CCC. The molecule has 1 fully saturated rings. The molecule has 1 saturated heterocycles. The molecule has 0 bridgehead atoms. The first-order chi connectivity index (χ1) is 5.55. The van der Waals surface area contributed by atoms with E-state index in [1.807, 2.05) is 0 Å². The highest BCUT2D eigenvalue weighted by Gasteiger charge is 2.26. The largest absolute Gasteiger partial charge is 0.372 e. The van der Waals surface area contributed by atoms with Gasteiger partial charge in [0, 0.05) is 30.9 Å². The van der Waals surface area contributed by atoms with Gasteiger partial charge in [-0.15, -0.1) is 0 Å². The van der Waals surface area contributed by atoms with Crippen LogP contribution in [0.5, 0.6) is 0 Å². The van der Waals surface area contributed by atoms with Crippen LogP contribution in [0.2, 0.25) is 0 Å². The summed E-state index contributed by atoms with van der Waals surface area (Å²) in [4.78, 5) is 2.39. The maximum atomic E-state index is 4.04. The zero-order valence-electron chi connectivity index (χ0n) is 8.48.